The Morgan fingerprint density at radius 3 is 3.08 bits per heavy atom. The van der Waals surface area contributed by atoms with Crippen molar-refractivity contribution in [3.63, 3.8) is 0 Å². The van der Waals surface area contributed by atoms with Gasteiger partial charge in [-0.15, -0.1) is 0 Å². The predicted octanol–water partition coefficient (Wildman–Crippen LogP) is 1.82. The Labute approximate surface area is 70.9 Å². The predicted molar refractivity (Wildman–Crippen MR) is 47.2 cm³/mol. The van der Waals surface area contributed by atoms with Crippen molar-refractivity contribution in [2.75, 3.05) is 0 Å². The summed E-state index contributed by atoms with van der Waals surface area (Å²) < 4.78 is 2.28. The maximum atomic E-state index is 4.35. The molecule has 0 saturated carbocycles. The quantitative estimate of drug-likeness (QED) is 0.571. The van der Waals surface area contributed by atoms with Gasteiger partial charge in [-0.3, -0.25) is 0 Å². The summed E-state index contributed by atoms with van der Waals surface area (Å²) in [6.07, 6.45) is 5.64. The third-order valence-electron chi connectivity index (χ3n) is 2.55. The minimum absolute atomic E-state index is 1.10. The van der Waals surface area contributed by atoms with Gasteiger partial charge in [-0.2, -0.15) is 0 Å². The fourth-order valence-corrected chi connectivity index (χ4v) is 1.99. The molecule has 0 spiro atoms. The van der Waals surface area contributed by atoms with Gasteiger partial charge in [0.05, 0.1) is 0 Å². The molecule has 0 aromatic carbocycles. The first-order chi connectivity index (χ1) is 5.95. The maximum absolute atomic E-state index is 4.35. The van der Waals surface area contributed by atoms with Gasteiger partial charge >= 0.3 is 0 Å². The number of hydrogen-bond donors (Lipinski definition) is 0. The summed E-state index contributed by atoms with van der Waals surface area (Å²) in [4.78, 5) is 4.35. The van der Waals surface area contributed by atoms with Crippen molar-refractivity contribution >= 4 is 5.65 Å². The van der Waals surface area contributed by atoms with Crippen LogP contribution in [0.25, 0.3) is 5.65 Å². The van der Waals surface area contributed by atoms with Gasteiger partial charge < -0.3 is 4.40 Å². The van der Waals surface area contributed by atoms with Gasteiger partial charge in [-0.05, 0) is 31.4 Å². The molecule has 1 aliphatic heterocycles. The fraction of sp³-hybridized carbons (Fsp3) is 0.300. The highest BCUT2D eigenvalue weighted by molar-refractivity contribution is 5.43. The van der Waals surface area contributed by atoms with Crippen LogP contribution in [0.2, 0.25) is 0 Å². The fourth-order valence-electron chi connectivity index (χ4n) is 1.99. The molecule has 0 N–H and O–H groups in total. The Morgan fingerprint density at radius 1 is 1.17 bits per heavy atom. The molecule has 2 aromatic heterocycles. The molecular formula is C10H10N2. The second kappa shape index (κ2) is 2.09. The minimum atomic E-state index is 1.10. The van der Waals surface area contributed by atoms with E-state index >= 15 is 0 Å². The Balaban J connectivity index is 2.50. The normalized spacial score (nSPS) is 15.3. The number of rotatable bonds is 0. The second-order valence-corrected chi connectivity index (χ2v) is 3.31. The largest absolute Gasteiger partial charge is 0.301 e. The molecule has 0 amide bonds. The zero-order chi connectivity index (χ0) is 7.97. The topological polar surface area (TPSA) is 17.3 Å². The SMILES string of the molecule is c1cc2n3c(cnc3c1)CCC2. The number of imidazole rings is 1. The second-order valence-electron chi connectivity index (χ2n) is 3.31. The third kappa shape index (κ3) is 0.670. The maximum Gasteiger partial charge on any atom is 0.137 e. The summed E-state index contributed by atoms with van der Waals surface area (Å²) in [6, 6.07) is 6.35. The van der Waals surface area contributed by atoms with Crippen LogP contribution in [-0.2, 0) is 12.8 Å². The highest BCUT2D eigenvalue weighted by atomic mass is 15.0. The number of hydrogen-bond acceptors (Lipinski definition) is 1. The van der Waals surface area contributed by atoms with Crippen molar-refractivity contribution in [2.24, 2.45) is 0 Å². The summed E-state index contributed by atoms with van der Waals surface area (Å²) in [6.45, 7) is 0. The lowest BCUT2D eigenvalue weighted by molar-refractivity contribution is 0.708. The first kappa shape index (κ1) is 6.23. The van der Waals surface area contributed by atoms with Crippen molar-refractivity contribution in [2.45, 2.75) is 19.3 Å². The number of aromatic nitrogens is 2. The van der Waals surface area contributed by atoms with Crippen molar-refractivity contribution in [1.82, 2.24) is 9.38 Å². The molecule has 0 bridgehead atoms. The van der Waals surface area contributed by atoms with Crippen LogP contribution in [0.5, 0.6) is 0 Å². The Hall–Kier alpha value is -1.31. The van der Waals surface area contributed by atoms with Crippen LogP contribution in [0.4, 0.5) is 0 Å². The number of pyridine rings is 1. The number of nitrogens with zero attached hydrogens (tertiary/aromatic N) is 2. The standard InChI is InChI=1S/C10H10N2/c1-3-8-4-2-6-10-11-7-9(5-1)12(8)10/h2,4,6-7H,1,3,5H2. The lowest BCUT2D eigenvalue weighted by Gasteiger charge is -2.13. The van der Waals surface area contributed by atoms with E-state index in [0.717, 1.165) is 5.65 Å². The van der Waals surface area contributed by atoms with Crippen LogP contribution in [0.3, 0.4) is 0 Å². The van der Waals surface area contributed by atoms with E-state index in [2.05, 4.69) is 27.6 Å². The van der Waals surface area contributed by atoms with Gasteiger partial charge in [0.15, 0.2) is 0 Å². The van der Waals surface area contributed by atoms with Gasteiger partial charge in [0.2, 0.25) is 0 Å². The average Bonchev–Trinajstić information content (AvgIpc) is 2.52. The van der Waals surface area contributed by atoms with E-state index in [0.29, 0.717) is 0 Å². The minimum Gasteiger partial charge on any atom is -0.301 e. The smallest absolute Gasteiger partial charge is 0.137 e. The number of aryl methyl sites for hydroxylation is 2. The molecule has 0 fully saturated rings. The van der Waals surface area contributed by atoms with E-state index in [4.69, 9.17) is 0 Å². The molecule has 3 heterocycles. The van der Waals surface area contributed by atoms with Crippen LogP contribution >= 0.6 is 0 Å². The van der Waals surface area contributed by atoms with Crippen LogP contribution < -0.4 is 0 Å². The molecular weight excluding hydrogens is 148 g/mol. The lowest BCUT2D eigenvalue weighted by Crippen LogP contribution is -2.07. The first-order valence-electron chi connectivity index (χ1n) is 4.39. The molecule has 0 unspecified atom stereocenters. The van der Waals surface area contributed by atoms with Crippen LogP contribution in [-0.4, -0.2) is 9.38 Å². The van der Waals surface area contributed by atoms with Crippen LogP contribution in [0, 0.1) is 0 Å². The van der Waals surface area contributed by atoms with E-state index in [1.54, 1.807) is 0 Å². The molecule has 0 radical (unpaired) electrons. The molecule has 3 rings (SSSR count). The lowest BCUT2D eigenvalue weighted by atomic mass is 10.1. The molecule has 1 aliphatic rings. The van der Waals surface area contributed by atoms with Crippen LogP contribution in [0.1, 0.15) is 17.8 Å². The average molecular weight is 158 g/mol. The van der Waals surface area contributed by atoms with Gasteiger partial charge in [-0.25, -0.2) is 4.98 Å². The highest BCUT2D eigenvalue weighted by Crippen LogP contribution is 2.18. The van der Waals surface area contributed by atoms with Gasteiger partial charge in [0.1, 0.15) is 5.65 Å². The highest BCUT2D eigenvalue weighted by Gasteiger charge is 2.11. The molecule has 2 aromatic rings. The molecule has 2 heteroatoms. The zero-order valence-corrected chi connectivity index (χ0v) is 6.83. The van der Waals surface area contributed by atoms with E-state index in [1.165, 1.54) is 30.7 Å². The Morgan fingerprint density at radius 2 is 2.08 bits per heavy atom. The summed E-state index contributed by atoms with van der Waals surface area (Å²) in [5.41, 5.74) is 3.88. The Kier molecular flexibility index (Phi) is 1.09. The van der Waals surface area contributed by atoms with E-state index in [9.17, 15) is 0 Å². The van der Waals surface area contributed by atoms with E-state index in [-0.39, 0.29) is 0 Å². The van der Waals surface area contributed by atoms with Crippen molar-refractivity contribution in [1.29, 1.82) is 0 Å². The van der Waals surface area contributed by atoms with Gasteiger partial charge in [0, 0.05) is 17.6 Å². The van der Waals surface area contributed by atoms with Crippen molar-refractivity contribution in [3.8, 4) is 0 Å². The van der Waals surface area contributed by atoms with E-state index < -0.39 is 0 Å². The molecule has 0 aliphatic carbocycles. The molecule has 2 nitrogen and oxygen atoms in total. The summed E-state index contributed by atoms with van der Waals surface area (Å²) in [5, 5.41) is 0. The molecule has 0 saturated heterocycles. The monoisotopic (exact) mass is 158 g/mol. The molecule has 60 valence electrons. The Bertz CT molecular complexity index is 428. The summed E-state index contributed by atoms with van der Waals surface area (Å²) >= 11 is 0. The van der Waals surface area contributed by atoms with E-state index in [1.807, 2.05) is 6.20 Å². The zero-order valence-electron chi connectivity index (χ0n) is 6.83. The van der Waals surface area contributed by atoms with Gasteiger partial charge in [0.25, 0.3) is 0 Å². The van der Waals surface area contributed by atoms with Gasteiger partial charge in [-0.1, -0.05) is 6.07 Å². The molecule has 0 atom stereocenters. The first-order valence-corrected chi connectivity index (χ1v) is 4.39. The summed E-state index contributed by atoms with van der Waals surface area (Å²) in [5.74, 6) is 0. The third-order valence-corrected chi connectivity index (χ3v) is 2.55. The van der Waals surface area contributed by atoms with Crippen LogP contribution in [0.15, 0.2) is 24.4 Å². The molecule has 12 heavy (non-hydrogen) atoms. The summed E-state index contributed by atoms with van der Waals surface area (Å²) in [7, 11) is 0. The van der Waals surface area contributed by atoms with Crippen molar-refractivity contribution < 1.29 is 0 Å². The van der Waals surface area contributed by atoms with Crippen molar-refractivity contribution in [3.05, 3.63) is 35.8 Å².